The predicted molar refractivity (Wildman–Crippen MR) is 82.6 cm³/mol. The van der Waals surface area contributed by atoms with Crippen LogP contribution in [-0.2, 0) is 19.8 Å². The number of alkyl halides is 3. The van der Waals surface area contributed by atoms with Crippen LogP contribution < -0.4 is 11.0 Å². The second-order valence-corrected chi connectivity index (χ2v) is 5.40. The van der Waals surface area contributed by atoms with Gasteiger partial charge in [0.1, 0.15) is 0 Å². The molecule has 1 heterocycles. The summed E-state index contributed by atoms with van der Waals surface area (Å²) in [6, 6.07) is 3.89. The maximum absolute atomic E-state index is 12.7. The largest absolute Gasteiger partial charge is 0.451 e. The van der Waals surface area contributed by atoms with E-state index < -0.39 is 28.5 Å². The van der Waals surface area contributed by atoms with E-state index in [1.165, 1.54) is 19.1 Å². The molecule has 1 amide bonds. The quantitative estimate of drug-likeness (QED) is 0.626. The van der Waals surface area contributed by atoms with Crippen LogP contribution in [0.25, 0.3) is 0 Å². The number of carbonyl (C=O) groups is 1. The second-order valence-electron chi connectivity index (χ2n) is 5.40. The third-order valence-corrected chi connectivity index (χ3v) is 3.57. The average Bonchev–Trinajstić information content (AvgIpc) is 2.83. The molecule has 0 aliphatic rings. The number of benzene rings is 1. The molecule has 0 atom stereocenters. The van der Waals surface area contributed by atoms with Crippen LogP contribution >= 0.6 is 0 Å². The van der Waals surface area contributed by atoms with E-state index in [0.717, 1.165) is 13.1 Å². The van der Waals surface area contributed by atoms with Crippen LogP contribution in [0.1, 0.15) is 21.7 Å². The minimum absolute atomic E-state index is 0.0200. The molecular weight excluding hydrogens is 359 g/mol. The Kier molecular flexibility index (Phi) is 5.14. The zero-order valence-electron chi connectivity index (χ0n) is 13.7. The van der Waals surface area contributed by atoms with Crippen LogP contribution in [0, 0.1) is 17.0 Å². The molecule has 140 valence electrons. The Morgan fingerprint density at radius 3 is 2.58 bits per heavy atom. The maximum Gasteiger partial charge on any atom is 0.451 e. The Morgan fingerprint density at radius 2 is 2.04 bits per heavy atom. The molecule has 0 bridgehead atoms. The van der Waals surface area contributed by atoms with Crippen molar-refractivity contribution in [2.24, 2.45) is 7.05 Å². The molecule has 0 aliphatic carbocycles. The van der Waals surface area contributed by atoms with Crippen LogP contribution in [0.4, 0.5) is 18.9 Å². The van der Waals surface area contributed by atoms with Gasteiger partial charge in [0.25, 0.3) is 11.6 Å². The van der Waals surface area contributed by atoms with Crippen LogP contribution in [-0.4, -0.2) is 31.7 Å². The van der Waals surface area contributed by atoms with Gasteiger partial charge in [0, 0.05) is 30.8 Å². The summed E-state index contributed by atoms with van der Waals surface area (Å²) in [6.45, 7) is 1.04. The van der Waals surface area contributed by atoms with Gasteiger partial charge in [-0.15, -0.1) is 5.10 Å². The molecule has 0 saturated heterocycles. The number of halogens is 3. The first-order valence-electron chi connectivity index (χ1n) is 7.26. The van der Waals surface area contributed by atoms with Crippen molar-refractivity contribution >= 4 is 11.6 Å². The first-order chi connectivity index (χ1) is 12.0. The Labute approximate surface area is 144 Å². The molecule has 26 heavy (non-hydrogen) atoms. The van der Waals surface area contributed by atoms with Gasteiger partial charge in [0.2, 0.25) is 5.82 Å². The van der Waals surface area contributed by atoms with Crippen molar-refractivity contribution in [3.63, 3.8) is 0 Å². The predicted octanol–water partition coefficient (Wildman–Crippen LogP) is 1.25. The number of rotatable bonds is 5. The van der Waals surface area contributed by atoms with E-state index >= 15 is 0 Å². The average molecular weight is 373 g/mol. The number of aromatic nitrogens is 3. The van der Waals surface area contributed by atoms with E-state index in [1.807, 2.05) is 0 Å². The maximum atomic E-state index is 12.7. The molecule has 0 spiro atoms. The number of nitro benzene ring substituents is 1. The molecule has 0 fully saturated rings. The topological polar surface area (TPSA) is 112 Å². The fourth-order valence-electron chi connectivity index (χ4n) is 2.21. The lowest BCUT2D eigenvalue weighted by Gasteiger charge is -2.06. The van der Waals surface area contributed by atoms with Crippen molar-refractivity contribution in [3.05, 3.63) is 55.7 Å². The van der Waals surface area contributed by atoms with Gasteiger partial charge in [-0.3, -0.25) is 19.5 Å². The Bertz CT molecular complexity index is 916. The Balaban J connectivity index is 2.07. The van der Waals surface area contributed by atoms with Crippen molar-refractivity contribution < 1.29 is 22.9 Å². The summed E-state index contributed by atoms with van der Waals surface area (Å²) in [6.07, 6.45) is -4.77. The van der Waals surface area contributed by atoms with Crippen molar-refractivity contribution in [3.8, 4) is 0 Å². The number of carbonyl (C=O) groups excluding carboxylic acids is 1. The van der Waals surface area contributed by atoms with Crippen molar-refractivity contribution in [2.75, 3.05) is 6.54 Å². The summed E-state index contributed by atoms with van der Waals surface area (Å²) >= 11 is 0. The minimum atomic E-state index is -4.77. The van der Waals surface area contributed by atoms with Crippen molar-refractivity contribution in [2.45, 2.75) is 19.6 Å². The van der Waals surface area contributed by atoms with Gasteiger partial charge in [0.15, 0.2) is 0 Å². The molecule has 0 aliphatic heterocycles. The second kappa shape index (κ2) is 6.98. The normalized spacial score (nSPS) is 11.4. The van der Waals surface area contributed by atoms with E-state index in [9.17, 15) is 32.9 Å². The lowest BCUT2D eigenvalue weighted by atomic mass is 10.1. The summed E-state index contributed by atoms with van der Waals surface area (Å²) in [5.41, 5.74) is -0.802. The lowest BCUT2D eigenvalue weighted by Crippen LogP contribution is -2.31. The molecule has 2 aromatic rings. The number of hydrogen-bond acceptors (Lipinski definition) is 5. The number of nitro groups is 1. The molecule has 1 aromatic carbocycles. The zero-order chi connectivity index (χ0) is 19.6. The van der Waals surface area contributed by atoms with Gasteiger partial charge in [-0.05, 0) is 13.0 Å². The summed E-state index contributed by atoms with van der Waals surface area (Å²) in [4.78, 5) is 34.0. The first-order valence-corrected chi connectivity index (χ1v) is 7.26. The van der Waals surface area contributed by atoms with Gasteiger partial charge in [0.05, 0.1) is 11.5 Å². The molecule has 0 saturated carbocycles. The molecule has 0 radical (unpaired) electrons. The van der Waals surface area contributed by atoms with Crippen LogP contribution in [0.5, 0.6) is 0 Å². The van der Waals surface area contributed by atoms with Gasteiger partial charge in [-0.25, -0.2) is 9.48 Å². The van der Waals surface area contributed by atoms with Crippen molar-refractivity contribution in [1.82, 2.24) is 19.7 Å². The first kappa shape index (κ1) is 19.1. The lowest BCUT2D eigenvalue weighted by molar-refractivity contribution is -0.385. The number of aryl methyl sites for hydroxylation is 1. The Morgan fingerprint density at radius 1 is 1.38 bits per heavy atom. The van der Waals surface area contributed by atoms with E-state index in [-0.39, 0.29) is 24.3 Å². The van der Waals surface area contributed by atoms with Gasteiger partial charge < -0.3 is 5.32 Å². The Hall–Kier alpha value is -3.18. The molecule has 12 heteroatoms. The van der Waals surface area contributed by atoms with E-state index in [4.69, 9.17) is 0 Å². The molecule has 1 aromatic heterocycles. The highest BCUT2D eigenvalue weighted by atomic mass is 19.4. The fraction of sp³-hybridized carbons (Fsp3) is 0.357. The molecule has 2 rings (SSSR count). The van der Waals surface area contributed by atoms with Gasteiger partial charge in [-0.2, -0.15) is 13.2 Å². The monoisotopic (exact) mass is 373 g/mol. The fourth-order valence-corrected chi connectivity index (χ4v) is 2.21. The number of hydrogen-bond donors (Lipinski definition) is 1. The number of nitrogens with zero attached hydrogens (tertiary/aromatic N) is 4. The third-order valence-electron chi connectivity index (χ3n) is 3.57. The SMILES string of the molecule is Cc1ccc(C(=O)NCCn2nc(C(F)(F)F)n(C)c2=O)cc1[N+](=O)[O-]. The van der Waals surface area contributed by atoms with Gasteiger partial charge >= 0.3 is 11.9 Å². The number of nitrogens with one attached hydrogen (secondary N) is 1. The minimum Gasteiger partial charge on any atom is -0.350 e. The van der Waals surface area contributed by atoms with Crippen LogP contribution in [0.2, 0.25) is 0 Å². The summed E-state index contributed by atoms with van der Waals surface area (Å²) < 4.78 is 39.0. The van der Waals surface area contributed by atoms with Gasteiger partial charge in [-0.1, -0.05) is 6.07 Å². The summed E-state index contributed by atoms with van der Waals surface area (Å²) in [5.74, 6) is -2.00. The van der Waals surface area contributed by atoms with Crippen molar-refractivity contribution in [1.29, 1.82) is 0 Å². The smallest absolute Gasteiger partial charge is 0.350 e. The highest BCUT2D eigenvalue weighted by Crippen LogP contribution is 2.26. The van der Waals surface area contributed by atoms with E-state index in [2.05, 4.69) is 10.4 Å². The highest BCUT2D eigenvalue weighted by molar-refractivity contribution is 5.94. The summed E-state index contributed by atoms with van der Waals surface area (Å²) in [5, 5.41) is 16.5. The summed E-state index contributed by atoms with van der Waals surface area (Å²) in [7, 11) is 0.943. The van der Waals surface area contributed by atoms with Crippen LogP contribution in [0.15, 0.2) is 23.0 Å². The van der Waals surface area contributed by atoms with E-state index in [0.29, 0.717) is 14.8 Å². The third kappa shape index (κ3) is 3.90. The van der Waals surface area contributed by atoms with E-state index in [1.54, 1.807) is 0 Å². The molecular formula is C14H14F3N5O4. The standard InChI is InChI=1S/C14H14F3N5O4/c1-8-3-4-9(7-10(8)22(25)26)11(23)18-5-6-21-13(24)20(2)12(19-21)14(15,16)17/h3-4,7H,5-6H2,1-2H3,(H,18,23). The molecule has 1 N–H and O–H groups in total. The number of amides is 1. The highest BCUT2D eigenvalue weighted by Gasteiger charge is 2.37. The zero-order valence-corrected chi connectivity index (χ0v) is 13.7. The molecule has 9 nitrogen and oxygen atoms in total. The molecule has 0 unspecified atom stereocenters. The van der Waals surface area contributed by atoms with Crippen LogP contribution in [0.3, 0.4) is 0 Å².